The highest BCUT2D eigenvalue weighted by Crippen LogP contribution is 2.31. The van der Waals surface area contributed by atoms with Crippen molar-refractivity contribution in [1.82, 2.24) is 15.3 Å². The lowest BCUT2D eigenvalue weighted by atomic mass is 10.1. The summed E-state index contributed by atoms with van der Waals surface area (Å²) >= 11 is 6.02. The van der Waals surface area contributed by atoms with Crippen LogP contribution in [0.15, 0.2) is 61.3 Å². The van der Waals surface area contributed by atoms with Gasteiger partial charge in [0.2, 0.25) is 11.9 Å². The number of nitrogens with one attached hydrogen (secondary N) is 3. The van der Waals surface area contributed by atoms with Crippen molar-refractivity contribution >= 4 is 46.6 Å². The molecule has 0 radical (unpaired) electrons. The Balaban J connectivity index is 1.55. The Morgan fingerprint density at radius 1 is 1.25 bits per heavy atom. The second kappa shape index (κ2) is 12.3. The van der Waals surface area contributed by atoms with Crippen LogP contribution in [0.25, 0.3) is 0 Å². The minimum absolute atomic E-state index is 0.0105. The zero-order valence-electron chi connectivity index (χ0n) is 19.4. The standard InChI is InChI=1S/C25H23ClFN7O2/c1-3-22(35)34(2)20-14-18(13-19(26)23(20)27)32-21-8-11-31-25(33-21)30-10-5-9-29-24(36)17-7-4-6-16(12-17)15-28/h3-4,6-8,11-14H,1,5,9-10H2,2H3,(H,29,36)(H2,30,31,32,33). The molecule has 11 heteroatoms. The van der Waals surface area contributed by atoms with Gasteiger partial charge in [-0.3, -0.25) is 9.59 Å². The smallest absolute Gasteiger partial charge is 0.251 e. The predicted molar refractivity (Wildman–Crippen MR) is 137 cm³/mol. The van der Waals surface area contributed by atoms with Gasteiger partial charge in [-0.1, -0.05) is 24.2 Å². The van der Waals surface area contributed by atoms with Gasteiger partial charge >= 0.3 is 0 Å². The van der Waals surface area contributed by atoms with Crippen LogP contribution < -0.4 is 20.9 Å². The Bertz CT molecular complexity index is 1330. The van der Waals surface area contributed by atoms with E-state index in [-0.39, 0.29) is 16.6 Å². The maximum absolute atomic E-state index is 14.5. The van der Waals surface area contributed by atoms with Crippen molar-refractivity contribution in [3.05, 3.63) is 83.3 Å². The third-order valence-corrected chi connectivity index (χ3v) is 5.25. The number of likely N-dealkylation sites (N-methyl/N-ethyl adjacent to an activating group) is 1. The molecule has 0 unspecified atom stereocenters. The first kappa shape index (κ1) is 26.1. The van der Waals surface area contributed by atoms with Gasteiger partial charge < -0.3 is 20.9 Å². The van der Waals surface area contributed by atoms with E-state index in [9.17, 15) is 14.0 Å². The molecule has 3 N–H and O–H groups in total. The molecule has 0 aliphatic carbocycles. The van der Waals surface area contributed by atoms with Crippen LogP contribution in [0.5, 0.6) is 0 Å². The van der Waals surface area contributed by atoms with Crippen molar-refractivity contribution in [2.75, 3.05) is 35.7 Å². The van der Waals surface area contributed by atoms with Crippen LogP contribution in [0, 0.1) is 17.1 Å². The second-order valence-corrected chi connectivity index (χ2v) is 7.92. The van der Waals surface area contributed by atoms with Crippen molar-refractivity contribution in [3.63, 3.8) is 0 Å². The van der Waals surface area contributed by atoms with Crippen LogP contribution in [-0.4, -0.2) is 41.9 Å². The molecule has 0 fully saturated rings. The molecule has 0 saturated heterocycles. The summed E-state index contributed by atoms with van der Waals surface area (Å²) in [6.07, 6.45) is 3.22. The number of carbonyl (C=O) groups is 2. The van der Waals surface area contributed by atoms with E-state index in [4.69, 9.17) is 16.9 Å². The van der Waals surface area contributed by atoms with Gasteiger partial charge in [0.05, 0.1) is 22.3 Å². The minimum atomic E-state index is -0.727. The van der Waals surface area contributed by atoms with E-state index < -0.39 is 11.7 Å². The molecule has 9 nitrogen and oxygen atoms in total. The van der Waals surface area contributed by atoms with E-state index in [0.29, 0.717) is 48.1 Å². The molecule has 0 aliphatic heterocycles. The Morgan fingerprint density at radius 3 is 2.81 bits per heavy atom. The summed E-state index contributed by atoms with van der Waals surface area (Å²) in [7, 11) is 1.42. The number of carbonyl (C=O) groups excluding carboxylic acids is 2. The summed E-state index contributed by atoms with van der Waals surface area (Å²) in [4.78, 5) is 33.7. The first-order valence-electron chi connectivity index (χ1n) is 10.8. The fourth-order valence-electron chi connectivity index (χ4n) is 3.13. The van der Waals surface area contributed by atoms with Crippen LogP contribution in [0.1, 0.15) is 22.3 Å². The maximum Gasteiger partial charge on any atom is 0.251 e. The summed E-state index contributed by atoms with van der Waals surface area (Å²) in [5.41, 5.74) is 1.26. The molecular weight excluding hydrogens is 485 g/mol. The average Bonchev–Trinajstić information content (AvgIpc) is 2.89. The molecule has 0 aliphatic rings. The van der Waals surface area contributed by atoms with Crippen LogP contribution in [0.3, 0.4) is 0 Å². The summed E-state index contributed by atoms with van der Waals surface area (Å²) in [6, 6.07) is 12.9. The number of nitrogens with zero attached hydrogens (tertiary/aromatic N) is 4. The lowest BCUT2D eigenvalue weighted by Gasteiger charge is -2.18. The fourth-order valence-corrected chi connectivity index (χ4v) is 3.34. The number of rotatable bonds is 10. The third kappa shape index (κ3) is 6.77. The SMILES string of the molecule is C=CC(=O)N(C)c1cc(Nc2ccnc(NCCCNC(=O)c3cccc(C#N)c3)n2)cc(Cl)c1F. The highest BCUT2D eigenvalue weighted by atomic mass is 35.5. The molecule has 0 saturated carbocycles. The number of amides is 2. The van der Waals surface area contributed by atoms with E-state index in [0.717, 1.165) is 11.0 Å². The van der Waals surface area contributed by atoms with E-state index in [1.54, 1.807) is 30.5 Å². The van der Waals surface area contributed by atoms with Gasteiger partial charge in [-0.05, 0) is 48.9 Å². The Labute approximate surface area is 212 Å². The van der Waals surface area contributed by atoms with Crippen LogP contribution in [0.4, 0.5) is 27.5 Å². The van der Waals surface area contributed by atoms with Crippen LogP contribution >= 0.6 is 11.6 Å². The van der Waals surface area contributed by atoms with Gasteiger partial charge in [0.15, 0.2) is 5.82 Å². The van der Waals surface area contributed by atoms with Crippen molar-refractivity contribution in [3.8, 4) is 6.07 Å². The summed E-state index contributed by atoms with van der Waals surface area (Å²) in [6.45, 7) is 4.31. The summed E-state index contributed by atoms with van der Waals surface area (Å²) in [5.74, 6) is -0.699. The number of anilines is 4. The third-order valence-electron chi connectivity index (χ3n) is 4.98. The van der Waals surface area contributed by atoms with Crippen LogP contribution in [0.2, 0.25) is 5.02 Å². The minimum Gasteiger partial charge on any atom is -0.354 e. The first-order valence-corrected chi connectivity index (χ1v) is 11.2. The van der Waals surface area contributed by atoms with Gasteiger partial charge in [-0.15, -0.1) is 0 Å². The fraction of sp³-hybridized carbons (Fsp3) is 0.160. The van der Waals surface area contributed by atoms with Gasteiger partial charge in [0.1, 0.15) is 5.82 Å². The molecule has 36 heavy (non-hydrogen) atoms. The molecule has 2 aromatic carbocycles. The molecule has 0 bridgehead atoms. The highest BCUT2D eigenvalue weighted by Gasteiger charge is 2.17. The largest absolute Gasteiger partial charge is 0.354 e. The predicted octanol–water partition coefficient (Wildman–Crippen LogP) is 4.27. The van der Waals surface area contributed by atoms with Crippen LogP contribution in [-0.2, 0) is 4.79 Å². The Kier molecular flexibility index (Phi) is 8.91. The topological polar surface area (TPSA) is 123 Å². The van der Waals surface area contributed by atoms with Crippen molar-refractivity contribution in [2.45, 2.75) is 6.42 Å². The molecule has 0 atom stereocenters. The molecule has 3 rings (SSSR count). The normalized spacial score (nSPS) is 10.2. The van der Waals surface area contributed by atoms with Crippen molar-refractivity contribution in [1.29, 1.82) is 5.26 Å². The lowest BCUT2D eigenvalue weighted by molar-refractivity contribution is -0.113. The zero-order chi connectivity index (χ0) is 26.1. The van der Waals surface area contributed by atoms with E-state index in [1.165, 1.54) is 25.2 Å². The van der Waals surface area contributed by atoms with Gasteiger partial charge in [0.25, 0.3) is 5.91 Å². The number of hydrogen-bond acceptors (Lipinski definition) is 7. The molecule has 3 aromatic rings. The van der Waals surface area contributed by atoms with Gasteiger partial charge in [-0.25, -0.2) is 9.37 Å². The molecule has 0 spiro atoms. The van der Waals surface area contributed by atoms with E-state index in [2.05, 4.69) is 32.5 Å². The molecule has 184 valence electrons. The number of aromatic nitrogens is 2. The monoisotopic (exact) mass is 507 g/mol. The molecular formula is C25H23ClFN7O2. The van der Waals surface area contributed by atoms with Crippen molar-refractivity contribution in [2.24, 2.45) is 0 Å². The van der Waals surface area contributed by atoms with Gasteiger partial charge in [0, 0.05) is 37.6 Å². The molecule has 1 aromatic heterocycles. The lowest BCUT2D eigenvalue weighted by Crippen LogP contribution is -2.26. The Morgan fingerprint density at radius 2 is 2.06 bits per heavy atom. The summed E-state index contributed by atoms with van der Waals surface area (Å²) < 4.78 is 14.5. The van der Waals surface area contributed by atoms with E-state index in [1.807, 2.05) is 6.07 Å². The molecule has 1 heterocycles. The highest BCUT2D eigenvalue weighted by molar-refractivity contribution is 6.31. The number of nitriles is 1. The van der Waals surface area contributed by atoms with Crippen molar-refractivity contribution < 1.29 is 14.0 Å². The number of benzene rings is 2. The summed E-state index contributed by atoms with van der Waals surface area (Å²) in [5, 5.41) is 17.7. The number of hydrogen-bond donors (Lipinski definition) is 3. The van der Waals surface area contributed by atoms with E-state index >= 15 is 0 Å². The molecule has 2 amide bonds. The zero-order valence-corrected chi connectivity index (χ0v) is 20.1. The first-order chi connectivity index (χ1) is 17.3. The Hall–Kier alpha value is -4.49. The maximum atomic E-state index is 14.5. The number of halogens is 2. The second-order valence-electron chi connectivity index (χ2n) is 7.51. The quantitative estimate of drug-likeness (QED) is 0.276. The average molecular weight is 508 g/mol. The van der Waals surface area contributed by atoms with Gasteiger partial charge in [-0.2, -0.15) is 10.2 Å².